The summed E-state index contributed by atoms with van der Waals surface area (Å²) in [5.41, 5.74) is 1.45. The second-order valence-corrected chi connectivity index (χ2v) is 7.24. The summed E-state index contributed by atoms with van der Waals surface area (Å²) in [5.74, 6) is 1.35. The Kier molecular flexibility index (Phi) is 4.27. The van der Waals surface area contributed by atoms with E-state index in [-0.39, 0.29) is 11.3 Å². The van der Waals surface area contributed by atoms with Crippen LogP contribution in [0.1, 0.15) is 18.4 Å². The van der Waals surface area contributed by atoms with Gasteiger partial charge in [-0.25, -0.2) is 9.08 Å². The molecule has 0 unspecified atom stereocenters. The molecule has 0 radical (unpaired) electrons. The number of nitrogens with zero attached hydrogens (tertiary/aromatic N) is 5. The van der Waals surface area contributed by atoms with Gasteiger partial charge in [-0.05, 0) is 36.6 Å². The van der Waals surface area contributed by atoms with E-state index in [2.05, 4.69) is 9.88 Å². The zero-order valence-corrected chi connectivity index (χ0v) is 15.9. The fourth-order valence-corrected chi connectivity index (χ4v) is 3.86. The zero-order chi connectivity index (χ0) is 19.8. The summed E-state index contributed by atoms with van der Waals surface area (Å²) in [6.45, 7) is 2.36. The van der Waals surface area contributed by atoms with E-state index in [0.29, 0.717) is 23.2 Å². The molecular formula is C22H21N5O2. The Bertz CT molecular complexity index is 1270. The van der Waals surface area contributed by atoms with Gasteiger partial charge in [-0.2, -0.15) is 4.98 Å². The number of aromatic hydroxyl groups is 1. The highest BCUT2D eigenvalue weighted by atomic mass is 16.3. The van der Waals surface area contributed by atoms with E-state index < -0.39 is 0 Å². The molecule has 29 heavy (non-hydrogen) atoms. The van der Waals surface area contributed by atoms with Gasteiger partial charge < -0.3 is 10.0 Å². The van der Waals surface area contributed by atoms with Gasteiger partial charge in [-0.15, -0.1) is 5.10 Å². The molecule has 1 N–H and O–H groups in total. The first-order valence-electron chi connectivity index (χ1n) is 9.79. The smallest absolute Gasteiger partial charge is 0.282 e. The molecule has 0 atom stereocenters. The number of hydrogen-bond acceptors (Lipinski definition) is 5. The number of phenolic OH excluding ortho intramolecular Hbond substituents is 1. The molecule has 3 heterocycles. The van der Waals surface area contributed by atoms with Gasteiger partial charge in [0.05, 0.1) is 17.4 Å². The average Bonchev–Trinajstić information content (AvgIpc) is 3.38. The van der Waals surface area contributed by atoms with Gasteiger partial charge in [-0.1, -0.05) is 42.5 Å². The summed E-state index contributed by atoms with van der Waals surface area (Å²) in [4.78, 5) is 19.1. The number of allylic oxidation sites excluding steroid dienone is 1. The highest BCUT2D eigenvalue weighted by Crippen LogP contribution is 2.25. The molecule has 5 rings (SSSR count). The Hall–Kier alpha value is -3.61. The number of anilines is 1. The Labute approximate surface area is 167 Å². The second kappa shape index (κ2) is 7.09. The lowest BCUT2D eigenvalue weighted by molar-refractivity contribution is 0.476. The van der Waals surface area contributed by atoms with Crippen LogP contribution in [-0.4, -0.2) is 37.4 Å². The molecule has 1 aliphatic heterocycles. The van der Waals surface area contributed by atoms with E-state index in [1.54, 1.807) is 16.8 Å². The highest BCUT2D eigenvalue weighted by molar-refractivity contribution is 5.82. The molecule has 7 nitrogen and oxygen atoms in total. The molecule has 1 saturated heterocycles. The van der Waals surface area contributed by atoms with Crippen molar-refractivity contribution in [3.8, 4) is 5.75 Å². The first-order valence-corrected chi connectivity index (χ1v) is 9.79. The van der Waals surface area contributed by atoms with Crippen molar-refractivity contribution in [2.45, 2.75) is 19.4 Å². The van der Waals surface area contributed by atoms with Gasteiger partial charge in [-0.3, -0.25) is 4.79 Å². The van der Waals surface area contributed by atoms with Gasteiger partial charge in [0, 0.05) is 13.1 Å². The van der Waals surface area contributed by atoms with Crippen molar-refractivity contribution in [3.63, 3.8) is 0 Å². The minimum Gasteiger partial charge on any atom is -0.508 e. The predicted octanol–water partition coefficient (Wildman–Crippen LogP) is 3.06. The standard InChI is InChI=1S/C22H21N5O2/c28-17-10-11-19-18(15-17)20(29)23-21-26(14-6-9-16-7-2-1-3-8-16)24-22(27(19)21)25-12-4-5-13-25/h1-3,6-11,15,28H,4-5,12-14H2. The molecule has 0 bridgehead atoms. The predicted molar refractivity (Wildman–Crippen MR) is 113 cm³/mol. The van der Waals surface area contributed by atoms with E-state index in [0.717, 1.165) is 37.4 Å². The zero-order valence-electron chi connectivity index (χ0n) is 15.9. The molecule has 0 saturated carbocycles. The first kappa shape index (κ1) is 17.5. The highest BCUT2D eigenvalue weighted by Gasteiger charge is 2.22. The van der Waals surface area contributed by atoms with Gasteiger partial charge >= 0.3 is 0 Å². The average molecular weight is 387 g/mol. The van der Waals surface area contributed by atoms with Crippen LogP contribution < -0.4 is 10.5 Å². The topological polar surface area (TPSA) is 75.7 Å². The van der Waals surface area contributed by atoms with Gasteiger partial charge in [0.25, 0.3) is 5.56 Å². The summed E-state index contributed by atoms with van der Waals surface area (Å²) in [6, 6.07) is 14.9. The van der Waals surface area contributed by atoms with Crippen LogP contribution in [0.25, 0.3) is 22.8 Å². The van der Waals surface area contributed by atoms with E-state index in [9.17, 15) is 9.90 Å². The maximum Gasteiger partial charge on any atom is 0.282 e. The third-order valence-corrected chi connectivity index (χ3v) is 5.27. The Morgan fingerprint density at radius 2 is 1.86 bits per heavy atom. The minimum atomic E-state index is -0.364. The fourth-order valence-electron chi connectivity index (χ4n) is 3.86. The summed E-state index contributed by atoms with van der Waals surface area (Å²) in [5, 5.41) is 15.0. The lowest BCUT2D eigenvalue weighted by Crippen LogP contribution is -2.21. The molecule has 146 valence electrons. The Balaban J connectivity index is 1.66. The lowest BCUT2D eigenvalue weighted by Gasteiger charge is -2.15. The molecule has 2 aromatic heterocycles. The number of hydrogen-bond donors (Lipinski definition) is 1. The number of aromatic nitrogens is 4. The third kappa shape index (κ3) is 3.14. The van der Waals surface area contributed by atoms with Crippen molar-refractivity contribution in [1.82, 2.24) is 19.2 Å². The normalized spacial score (nSPS) is 14.6. The molecule has 0 aliphatic carbocycles. The van der Waals surface area contributed by atoms with Crippen molar-refractivity contribution < 1.29 is 5.11 Å². The van der Waals surface area contributed by atoms with E-state index in [4.69, 9.17) is 5.10 Å². The molecule has 1 fully saturated rings. The minimum absolute atomic E-state index is 0.0530. The van der Waals surface area contributed by atoms with E-state index in [1.807, 2.05) is 46.9 Å². The number of fused-ring (bicyclic) bond motifs is 3. The SMILES string of the molecule is O=c1nc2n(CC=Cc3ccccc3)nc(N3CCCC3)n2c2ccc(O)cc12. The summed E-state index contributed by atoms with van der Waals surface area (Å²) in [6.07, 6.45) is 6.29. The van der Waals surface area contributed by atoms with Crippen molar-refractivity contribution in [1.29, 1.82) is 0 Å². The Morgan fingerprint density at radius 3 is 2.66 bits per heavy atom. The van der Waals surface area contributed by atoms with Crippen molar-refractivity contribution >= 4 is 28.7 Å². The largest absolute Gasteiger partial charge is 0.508 e. The maximum absolute atomic E-state index is 12.6. The number of rotatable bonds is 4. The van der Waals surface area contributed by atoms with Crippen LogP contribution in [0.2, 0.25) is 0 Å². The van der Waals surface area contributed by atoms with E-state index >= 15 is 0 Å². The van der Waals surface area contributed by atoms with Crippen molar-refractivity contribution in [2.75, 3.05) is 18.0 Å². The Morgan fingerprint density at radius 1 is 1.07 bits per heavy atom. The maximum atomic E-state index is 12.6. The van der Waals surface area contributed by atoms with Crippen LogP contribution >= 0.6 is 0 Å². The molecule has 0 amide bonds. The van der Waals surface area contributed by atoms with Crippen LogP contribution in [0.15, 0.2) is 59.4 Å². The summed E-state index contributed by atoms with van der Waals surface area (Å²) in [7, 11) is 0. The molecule has 4 aromatic rings. The number of phenols is 1. The monoisotopic (exact) mass is 387 g/mol. The fraction of sp³-hybridized carbons (Fsp3) is 0.227. The first-order chi connectivity index (χ1) is 14.2. The van der Waals surface area contributed by atoms with Crippen molar-refractivity contribution in [3.05, 3.63) is 70.5 Å². The number of benzene rings is 2. The van der Waals surface area contributed by atoms with Crippen LogP contribution in [0.5, 0.6) is 5.75 Å². The molecule has 1 aliphatic rings. The second-order valence-electron chi connectivity index (χ2n) is 7.24. The van der Waals surface area contributed by atoms with Crippen molar-refractivity contribution in [2.24, 2.45) is 0 Å². The van der Waals surface area contributed by atoms with Crippen LogP contribution in [-0.2, 0) is 6.54 Å². The summed E-state index contributed by atoms with van der Waals surface area (Å²) >= 11 is 0. The summed E-state index contributed by atoms with van der Waals surface area (Å²) < 4.78 is 3.69. The third-order valence-electron chi connectivity index (χ3n) is 5.27. The van der Waals surface area contributed by atoms with E-state index in [1.165, 1.54) is 6.07 Å². The van der Waals surface area contributed by atoms with Crippen LogP contribution in [0, 0.1) is 0 Å². The lowest BCUT2D eigenvalue weighted by atomic mass is 10.2. The molecule has 7 heteroatoms. The molecule has 2 aromatic carbocycles. The molecule has 0 spiro atoms. The van der Waals surface area contributed by atoms with Gasteiger partial charge in [0.1, 0.15) is 5.75 Å². The van der Waals surface area contributed by atoms with Gasteiger partial charge in [0.2, 0.25) is 11.7 Å². The molecular weight excluding hydrogens is 366 g/mol. The quantitative estimate of drug-likeness (QED) is 0.582. The van der Waals surface area contributed by atoms with Crippen LogP contribution in [0.4, 0.5) is 5.95 Å². The van der Waals surface area contributed by atoms with Crippen LogP contribution in [0.3, 0.4) is 0 Å². The van der Waals surface area contributed by atoms with Gasteiger partial charge in [0.15, 0.2) is 0 Å².